The van der Waals surface area contributed by atoms with Gasteiger partial charge in [-0.3, -0.25) is 9.59 Å². The summed E-state index contributed by atoms with van der Waals surface area (Å²) < 4.78 is 4.96. The predicted octanol–water partition coefficient (Wildman–Crippen LogP) is 2.43. The first-order valence-electron chi connectivity index (χ1n) is 5.13. The van der Waals surface area contributed by atoms with E-state index in [0.717, 1.165) is 6.42 Å². The zero-order chi connectivity index (χ0) is 11.3. The highest BCUT2D eigenvalue weighted by Crippen LogP contribution is 2.39. The summed E-state index contributed by atoms with van der Waals surface area (Å²) in [5.74, 6) is -0.419. The van der Waals surface area contributed by atoms with Gasteiger partial charge in [0.1, 0.15) is 5.41 Å². The van der Waals surface area contributed by atoms with Crippen molar-refractivity contribution in [2.45, 2.75) is 32.6 Å². The second-order valence-corrected chi connectivity index (χ2v) is 3.90. The minimum absolute atomic E-state index is 0.0179. The summed E-state index contributed by atoms with van der Waals surface area (Å²) in [5, 5.41) is 0. The van der Waals surface area contributed by atoms with Crippen molar-refractivity contribution in [2.75, 3.05) is 6.61 Å². The molecule has 0 radical (unpaired) electrons. The minimum atomic E-state index is -0.957. The maximum atomic E-state index is 11.8. The Morgan fingerprint density at radius 1 is 1.67 bits per heavy atom. The van der Waals surface area contributed by atoms with Gasteiger partial charge in [-0.2, -0.15) is 0 Å². The van der Waals surface area contributed by atoms with Gasteiger partial charge in [0.2, 0.25) is 0 Å². The lowest BCUT2D eigenvalue weighted by molar-refractivity contribution is -0.158. The van der Waals surface area contributed by atoms with Crippen molar-refractivity contribution in [1.82, 2.24) is 0 Å². The Kier molecular flexibility index (Phi) is 4.33. The Bertz CT molecular complexity index is 286. The smallest absolute Gasteiger partial charge is 0.319 e. The summed E-state index contributed by atoms with van der Waals surface area (Å²) in [6.07, 6.45) is 3.80. The van der Waals surface area contributed by atoms with E-state index in [-0.39, 0.29) is 5.78 Å². The number of Topliss-reactive ketones (excluding diaryl/α,β-unsaturated/α-hetero) is 1. The number of ketones is 1. The van der Waals surface area contributed by atoms with Crippen molar-refractivity contribution in [3.8, 4) is 0 Å². The molecule has 0 aromatic rings. The number of allylic oxidation sites excluding steroid dienone is 1. The Hall–Kier alpha value is -0.830. The topological polar surface area (TPSA) is 43.4 Å². The third kappa shape index (κ3) is 2.40. The number of ether oxygens (including phenoxy) is 1. The van der Waals surface area contributed by atoms with E-state index in [1.807, 2.05) is 0 Å². The molecule has 84 valence electrons. The number of rotatable bonds is 4. The second-order valence-electron chi connectivity index (χ2n) is 3.65. The van der Waals surface area contributed by atoms with Gasteiger partial charge in [0.25, 0.3) is 0 Å². The molecule has 1 aliphatic rings. The molecule has 1 fully saturated rings. The summed E-state index contributed by atoms with van der Waals surface area (Å²) in [5.41, 5.74) is 0.383. The molecule has 3 nitrogen and oxygen atoms in total. The fourth-order valence-corrected chi connectivity index (χ4v) is 2.05. The van der Waals surface area contributed by atoms with Crippen molar-refractivity contribution >= 4 is 23.4 Å². The van der Waals surface area contributed by atoms with E-state index in [1.54, 1.807) is 13.0 Å². The van der Waals surface area contributed by atoms with Crippen LogP contribution in [0.3, 0.4) is 0 Å². The number of halogens is 1. The zero-order valence-corrected chi connectivity index (χ0v) is 9.55. The van der Waals surface area contributed by atoms with E-state index >= 15 is 0 Å². The second kappa shape index (κ2) is 5.31. The van der Waals surface area contributed by atoms with Crippen LogP contribution in [0.2, 0.25) is 0 Å². The van der Waals surface area contributed by atoms with Crippen LogP contribution in [0.4, 0.5) is 0 Å². The number of hydrogen-bond donors (Lipinski definition) is 0. The van der Waals surface area contributed by atoms with Gasteiger partial charge in [0.05, 0.1) is 6.61 Å². The zero-order valence-electron chi connectivity index (χ0n) is 8.79. The summed E-state index contributed by atoms with van der Waals surface area (Å²) >= 11 is 5.43. The normalized spacial score (nSPS) is 26.1. The molecule has 0 bridgehead atoms. The van der Waals surface area contributed by atoms with Gasteiger partial charge in [-0.05, 0) is 26.2 Å². The molecule has 1 atom stereocenters. The van der Waals surface area contributed by atoms with Gasteiger partial charge in [-0.15, -0.1) is 0 Å². The highest BCUT2D eigenvalue weighted by Gasteiger charge is 2.48. The lowest BCUT2D eigenvalue weighted by Gasteiger charge is -2.23. The van der Waals surface area contributed by atoms with Crippen LogP contribution in [0.1, 0.15) is 32.6 Å². The van der Waals surface area contributed by atoms with E-state index in [9.17, 15) is 9.59 Å². The van der Waals surface area contributed by atoms with Crippen molar-refractivity contribution in [3.63, 3.8) is 0 Å². The molecule has 4 heteroatoms. The lowest BCUT2D eigenvalue weighted by atomic mass is 9.82. The maximum Gasteiger partial charge on any atom is 0.319 e. The molecule has 1 saturated carbocycles. The van der Waals surface area contributed by atoms with Crippen LogP contribution in [0.25, 0.3) is 0 Å². The average Bonchev–Trinajstić information content (AvgIpc) is 2.58. The van der Waals surface area contributed by atoms with Crippen LogP contribution in [0.5, 0.6) is 0 Å². The monoisotopic (exact) mass is 230 g/mol. The highest BCUT2D eigenvalue weighted by atomic mass is 35.5. The molecule has 0 saturated heterocycles. The Morgan fingerprint density at radius 3 is 2.87 bits per heavy atom. The first kappa shape index (κ1) is 12.2. The van der Waals surface area contributed by atoms with Gasteiger partial charge in [-0.25, -0.2) is 0 Å². The van der Waals surface area contributed by atoms with E-state index in [1.165, 1.54) is 5.54 Å². The van der Waals surface area contributed by atoms with E-state index < -0.39 is 11.4 Å². The molecule has 0 spiro atoms. The predicted molar refractivity (Wildman–Crippen MR) is 57.5 cm³/mol. The van der Waals surface area contributed by atoms with Crippen LogP contribution < -0.4 is 0 Å². The van der Waals surface area contributed by atoms with Gasteiger partial charge in [0, 0.05) is 12.0 Å². The van der Waals surface area contributed by atoms with E-state index in [0.29, 0.717) is 25.9 Å². The molecule has 1 rings (SSSR count). The quantitative estimate of drug-likeness (QED) is 0.550. The summed E-state index contributed by atoms with van der Waals surface area (Å²) in [6, 6.07) is 0. The maximum absolute atomic E-state index is 11.8. The Balaban J connectivity index is 2.85. The Morgan fingerprint density at radius 2 is 2.40 bits per heavy atom. The SMILES string of the molecule is CCOC(=O)C1(C/C=C\Cl)CCCC1=O. The van der Waals surface area contributed by atoms with Crippen molar-refractivity contribution in [1.29, 1.82) is 0 Å². The number of carbonyl (C=O) groups is 2. The molecular weight excluding hydrogens is 216 g/mol. The third-order valence-corrected chi connectivity index (χ3v) is 2.94. The van der Waals surface area contributed by atoms with E-state index in [2.05, 4.69) is 0 Å². The first-order chi connectivity index (χ1) is 7.17. The summed E-state index contributed by atoms with van der Waals surface area (Å²) in [7, 11) is 0. The van der Waals surface area contributed by atoms with Crippen molar-refractivity contribution in [2.24, 2.45) is 5.41 Å². The molecule has 1 aliphatic carbocycles. The van der Waals surface area contributed by atoms with Gasteiger partial charge >= 0.3 is 5.97 Å². The van der Waals surface area contributed by atoms with Crippen molar-refractivity contribution < 1.29 is 14.3 Å². The molecule has 0 N–H and O–H groups in total. The minimum Gasteiger partial charge on any atom is -0.465 e. The molecule has 1 unspecified atom stereocenters. The number of esters is 1. The fourth-order valence-electron chi connectivity index (χ4n) is 1.96. The van der Waals surface area contributed by atoms with Crippen LogP contribution >= 0.6 is 11.6 Å². The summed E-state index contributed by atoms with van der Waals surface area (Å²) in [6.45, 7) is 2.04. The lowest BCUT2D eigenvalue weighted by Crippen LogP contribution is -2.36. The van der Waals surface area contributed by atoms with E-state index in [4.69, 9.17) is 16.3 Å². The molecule has 0 aromatic carbocycles. The van der Waals surface area contributed by atoms with Crippen LogP contribution in [0, 0.1) is 5.41 Å². The average molecular weight is 231 g/mol. The summed E-state index contributed by atoms with van der Waals surface area (Å²) in [4.78, 5) is 23.5. The molecule has 0 aliphatic heterocycles. The van der Waals surface area contributed by atoms with Crippen LogP contribution in [0.15, 0.2) is 11.6 Å². The van der Waals surface area contributed by atoms with Gasteiger partial charge in [-0.1, -0.05) is 17.7 Å². The van der Waals surface area contributed by atoms with Crippen molar-refractivity contribution in [3.05, 3.63) is 11.6 Å². The Labute approximate surface area is 94.4 Å². The van der Waals surface area contributed by atoms with Gasteiger partial charge < -0.3 is 4.74 Å². The molecule has 0 aromatic heterocycles. The standard InChI is InChI=1S/C11H15ClO3/c1-2-15-10(14)11(7-4-8-12)6-3-5-9(11)13/h4,8H,2-3,5-7H2,1H3/b8-4-. The van der Waals surface area contributed by atoms with Crippen LogP contribution in [-0.4, -0.2) is 18.4 Å². The fraction of sp³-hybridized carbons (Fsp3) is 0.636. The molecule has 15 heavy (non-hydrogen) atoms. The van der Waals surface area contributed by atoms with Gasteiger partial charge in [0.15, 0.2) is 5.78 Å². The first-order valence-corrected chi connectivity index (χ1v) is 5.57. The largest absolute Gasteiger partial charge is 0.465 e. The molecule has 0 amide bonds. The number of hydrogen-bond acceptors (Lipinski definition) is 3. The third-order valence-electron chi connectivity index (χ3n) is 2.76. The highest BCUT2D eigenvalue weighted by molar-refractivity contribution is 6.25. The molecule has 0 heterocycles. The molecular formula is C11H15ClO3. The van der Waals surface area contributed by atoms with Crippen LogP contribution in [-0.2, 0) is 14.3 Å². The number of carbonyl (C=O) groups excluding carboxylic acids is 2.